The minimum atomic E-state index is -0.473. The molecule has 3 rings (SSSR count). The van der Waals surface area contributed by atoms with Gasteiger partial charge in [0.1, 0.15) is 5.54 Å². The normalized spacial score (nSPS) is 30.9. The molecule has 2 atom stereocenters. The lowest BCUT2D eigenvalue weighted by molar-refractivity contribution is 0.103. The summed E-state index contributed by atoms with van der Waals surface area (Å²) in [6.45, 7) is 1.67. The number of rotatable bonds is 3. The standard InChI is InChI=1S/C14H18N2OS/c15-10-14(16-9-11-3-2-7-17-11)6-1-4-13-12(14)5-8-18-13/h5,8,11,16H,1-4,6-7,9H2. The molecular weight excluding hydrogens is 244 g/mol. The molecular formula is C14H18N2OS. The van der Waals surface area contributed by atoms with Gasteiger partial charge in [-0.1, -0.05) is 0 Å². The number of hydrogen-bond donors (Lipinski definition) is 1. The van der Waals surface area contributed by atoms with E-state index in [0.29, 0.717) is 6.10 Å². The molecule has 0 bridgehead atoms. The summed E-state index contributed by atoms with van der Waals surface area (Å²) in [5, 5.41) is 15.2. The highest BCUT2D eigenvalue weighted by Crippen LogP contribution is 2.37. The molecule has 1 aromatic heterocycles. The van der Waals surface area contributed by atoms with Crippen LogP contribution in [0.1, 0.15) is 36.1 Å². The summed E-state index contributed by atoms with van der Waals surface area (Å²) in [7, 11) is 0. The van der Waals surface area contributed by atoms with Gasteiger partial charge in [0, 0.05) is 23.6 Å². The predicted molar refractivity (Wildman–Crippen MR) is 71.5 cm³/mol. The van der Waals surface area contributed by atoms with E-state index in [4.69, 9.17) is 4.74 Å². The fourth-order valence-electron chi connectivity index (χ4n) is 3.00. The zero-order chi connectivity index (χ0) is 12.4. The van der Waals surface area contributed by atoms with Crippen molar-refractivity contribution in [3.63, 3.8) is 0 Å². The highest BCUT2D eigenvalue weighted by Gasteiger charge is 2.37. The maximum atomic E-state index is 9.63. The van der Waals surface area contributed by atoms with E-state index >= 15 is 0 Å². The molecule has 2 heterocycles. The number of fused-ring (bicyclic) bond motifs is 1. The summed E-state index contributed by atoms with van der Waals surface area (Å²) < 4.78 is 5.63. The molecule has 0 amide bonds. The molecule has 4 heteroatoms. The number of nitrogens with zero attached hydrogens (tertiary/aromatic N) is 1. The lowest BCUT2D eigenvalue weighted by Gasteiger charge is -2.33. The van der Waals surface area contributed by atoms with Crippen molar-refractivity contribution < 1.29 is 4.74 Å². The molecule has 0 radical (unpaired) electrons. The van der Waals surface area contributed by atoms with Gasteiger partial charge in [-0.05, 0) is 43.6 Å². The van der Waals surface area contributed by atoms with Crippen LogP contribution >= 0.6 is 11.3 Å². The van der Waals surface area contributed by atoms with E-state index in [2.05, 4.69) is 22.8 Å². The summed E-state index contributed by atoms with van der Waals surface area (Å²) in [5.41, 5.74) is 0.735. The Kier molecular flexibility index (Phi) is 3.38. The molecule has 2 aliphatic rings. The van der Waals surface area contributed by atoms with E-state index in [9.17, 15) is 5.26 Å². The average Bonchev–Trinajstić information content (AvgIpc) is 3.07. The smallest absolute Gasteiger partial charge is 0.133 e. The number of hydrogen-bond acceptors (Lipinski definition) is 4. The summed E-state index contributed by atoms with van der Waals surface area (Å²) >= 11 is 1.78. The highest BCUT2D eigenvalue weighted by atomic mass is 32.1. The first-order valence-electron chi connectivity index (χ1n) is 6.69. The van der Waals surface area contributed by atoms with Crippen molar-refractivity contribution in [1.82, 2.24) is 5.32 Å². The minimum absolute atomic E-state index is 0.291. The van der Waals surface area contributed by atoms with Gasteiger partial charge in [0.15, 0.2) is 0 Å². The van der Waals surface area contributed by atoms with E-state index in [-0.39, 0.29) is 0 Å². The Morgan fingerprint density at radius 3 is 3.28 bits per heavy atom. The van der Waals surface area contributed by atoms with Gasteiger partial charge in [-0.25, -0.2) is 0 Å². The zero-order valence-corrected chi connectivity index (χ0v) is 11.3. The molecule has 0 aromatic carbocycles. The van der Waals surface area contributed by atoms with Crippen LogP contribution in [0.4, 0.5) is 0 Å². The molecule has 0 spiro atoms. The van der Waals surface area contributed by atoms with Gasteiger partial charge in [-0.15, -0.1) is 11.3 Å². The fourth-order valence-corrected chi connectivity index (χ4v) is 4.00. The topological polar surface area (TPSA) is 45.0 Å². The SMILES string of the molecule is N#CC1(NCC2CCCO2)CCCc2sccc21. The van der Waals surface area contributed by atoms with Crippen molar-refractivity contribution >= 4 is 11.3 Å². The number of nitriles is 1. The van der Waals surface area contributed by atoms with Gasteiger partial charge in [0.2, 0.25) is 0 Å². The molecule has 1 aliphatic carbocycles. The monoisotopic (exact) mass is 262 g/mol. The predicted octanol–water partition coefficient (Wildman–Crippen LogP) is 2.57. The summed E-state index contributed by atoms with van der Waals surface area (Å²) in [6.07, 6.45) is 5.69. The number of thiophene rings is 1. The first-order chi connectivity index (χ1) is 8.84. The van der Waals surface area contributed by atoms with Gasteiger partial charge < -0.3 is 4.74 Å². The first-order valence-corrected chi connectivity index (χ1v) is 7.57. The largest absolute Gasteiger partial charge is 0.377 e. The molecule has 3 nitrogen and oxygen atoms in total. The van der Waals surface area contributed by atoms with Crippen molar-refractivity contribution in [2.75, 3.05) is 13.2 Å². The Labute approximate surface area is 112 Å². The third-order valence-corrected chi connectivity index (χ3v) is 4.99. The van der Waals surface area contributed by atoms with Gasteiger partial charge >= 0.3 is 0 Å². The van der Waals surface area contributed by atoms with Crippen molar-refractivity contribution in [1.29, 1.82) is 5.26 Å². The molecule has 1 aliphatic heterocycles. The van der Waals surface area contributed by atoms with Crippen LogP contribution in [0.5, 0.6) is 0 Å². The Bertz CT molecular complexity index is 459. The van der Waals surface area contributed by atoms with Crippen molar-refractivity contribution in [3.8, 4) is 6.07 Å². The molecule has 1 aromatic rings. The molecule has 96 valence electrons. The zero-order valence-electron chi connectivity index (χ0n) is 10.4. The lowest BCUT2D eigenvalue weighted by Crippen LogP contribution is -2.46. The summed E-state index contributed by atoms with van der Waals surface area (Å²) in [5.74, 6) is 0. The van der Waals surface area contributed by atoms with Gasteiger partial charge in [0.05, 0.1) is 12.2 Å². The average molecular weight is 262 g/mol. The van der Waals surface area contributed by atoms with Crippen molar-refractivity contribution in [2.45, 2.75) is 43.7 Å². The second-order valence-electron chi connectivity index (χ2n) is 5.14. The molecule has 18 heavy (non-hydrogen) atoms. The van der Waals surface area contributed by atoms with E-state index in [1.54, 1.807) is 11.3 Å². The molecule has 1 fully saturated rings. The molecule has 0 saturated carbocycles. The third-order valence-electron chi connectivity index (χ3n) is 4.01. The quantitative estimate of drug-likeness (QED) is 0.910. The molecule has 1 saturated heterocycles. The molecule has 2 unspecified atom stereocenters. The van der Waals surface area contributed by atoms with Crippen molar-refractivity contribution in [2.24, 2.45) is 0 Å². The van der Waals surface area contributed by atoms with Gasteiger partial charge in [0.25, 0.3) is 0 Å². The van der Waals surface area contributed by atoms with E-state index in [0.717, 1.165) is 45.3 Å². The van der Waals surface area contributed by atoms with E-state index in [1.807, 2.05) is 0 Å². The van der Waals surface area contributed by atoms with Crippen LogP contribution in [-0.2, 0) is 16.7 Å². The Hall–Kier alpha value is -0.890. The molecule has 1 N–H and O–H groups in total. The van der Waals surface area contributed by atoms with E-state index < -0.39 is 5.54 Å². The van der Waals surface area contributed by atoms with Crippen LogP contribution in [0.2, 0.25) is 0 Å². The van der Waals surface area contributed by atoms with Crippen LogP contribution in [0.3, 0.4) is 0 Å². The van der Waals surface area contributed by atoms with Gasteiger partial charge in [-0.3, -0.25) is 5.32 Å². The Morgan fingerprint density at radius 1 is 1.56 bits per heavy atom. The van der Waals surface area contributed by atoms with Crippen LogP contribution in [0, 0.1) is 11.3 Å². The highest BCUT2D eigenvalue weighted by molar-refractivity contribution is 7.10. The van der Waals surface area contributed by atoms with Crippen molar-refractivity contribution in [3.05, 3.63) is 21.9 Å². The minimum Gasteiger partial charge on any atom is -0.377 e. The summed E-state index contributed by atoms with van der Waals surface area (Å²) in [4.78, 5) is 1.38. The van der Waals surface area contributed by atoms with Gasteiger partial charge in [-0.2, -0.15) is 5.26 Å². The first kappa shape index (κ1) is 12.2. The number of aryl methyl sites for hydroxylation is 1. The second kappa shape index (κ2) is 5.00. The summed E-state index contributed by atoms with van der Waals surface area (Å²) in [6, 6.07) is 4.64. The second-order valence-corrected chi connectivity index (χ2v) is 6.14. The fraction of sp³-hybridized carbons (Fsp3) is 0.643. The maximum Gasteiger partial charge on any atom is 0.133 e. The van der Waals surface area contributed by atoms with Crippen LogP contribution in [-0.4, -0.2) is 19.3 Å². The number of nitrogens with one attached hydrogen (secondary N) is 1. The maximum absolute atomic E-state index is 9.63. The lowest BCUT2D eigenvalue weighted by atomic mass is 9.81. The third kappa shape index (κ3) is 2.07. The van der Waals surface area contributed by atoms with Crippen LogP contribution in [0.25, 0.3) is 0 Å². The Morgan fingerprint density at radius 2 is 2.50 bits per heavy atom. The van der Waals surface area contributed by atoms with Crippen LogP contribution in [0.15, 0.2) is 11.4 Å². The number of ether oxygens (including phenoxy) is 1. The Balaban J connectivity index is 1.77. The van der Waals surface area contributed by atoms with E-state index in [1.165, 1.54) is 10.4 Å². The van der Waals surface area contributed by atoms with Crippen LogP contribution < -0.4 is 5.32 Å².